The summed E-state index contributed by atoms with van der Waals surface area (Å²) in [5.74, 6) is 0. The molecule has 0 fully saturated rings. The van der Waals surface area contributed by atoms with E-state index in [9.17, 15) is 0 Å². The summed E-state index contributed by atoms with van der Waals surface area (Å²) in [6.45, 7) is 0. The molecule has 0 aromatic heterocycles. The molecule has 0 heterocycles. The van der Waals surface area contributed by atoms with Gasteiger partial charge in [-0.3, -0.25) is 0 Å². The van der Waals surface area contributed by atoms with Crippen LogP contribution in [0.1, 0.15) is 0 Å². The van der Waals surface area contributed by atoms with Crippen molar-refractivity contribution in [3.8, 4) is 0 Å². The maximum atomic E-state index is 5.04. The Bertz CT molecular complexity index is 23.0. The molecule has 0 aromatic rings. The third kappa shape index (κ3) is 37.4. The summed E-state index contributed by atoms with van der Waals surface area (Å²) in [6, 6.07) is 0. The van der Waals surface area contributed by atoms with Crippen molar-refractivity contribution in [2.45, 2.75) is 0 Å². The Morgan fingerprint density at radius 2 is 0.833 bits per heavy atom. The van der Waals surface area contributed by atoms with Gasteiger partial charge in [-0.2, -0.15) is 0 Å². The second-order valence-electron chi connectivity index (χ2n) is 0.429. The van der Waals surface area contributed by atoms with E-state index in [4.69, 9.17) is 34.1 Å². The summed E-state index contributed by atoms with van der Waals surface area (Å²) in [5, 5.41) is 0. The van der Waals surface area contributed by atoms with E-state index in [1.807, 2.05) is 0 Å². The molecule has 0 amide bonds. The molecule has 0 aliphatic rings. The van der Waals surface area contributed by atoms with Gasteiger partial charge in [-0.05, 0) is 0 Å². The van der Waals surface area contributed by atoms with Crippen molar-refractivity contribution in [1.82, 2.24) is 6.15 Å². The van der Waals surface area contributed by atoms with Gasteiger partial charge in [0.1, 0.15) is 0 Å². The Kier molecular flexibility index (Phi) is 7.15. The molecule has 3 N–H and O–H groups in total. The van der Waals surface area contributed by atoms with Gasteiger partial charge in [0.05, 0.1) is 0 Å². The average Bonchev–Trinajstić information content (AvgIpc) is 0.722. The predicted molar refractivity (Wildman–Crippen MR) is 28.4 cm³/mol. The van der Waals surface area contributed by atoms with E-state index in [1.165, 1.54) is 0 Å². The predicted octanol–water partition coefficient (Wildman–Crippen LogP) is 2.92. The first-order valence-corrected chi connectivity index (χ1v) is 13.4. The zero-order valence-electron chi connectivity index (χ0n) is 2.72. The van der Waals surface area contributed by atoms with Crippen LogP contribution in [0.15, 0.2) is 0 Å². The van der Waals surface area contributed by atoms with Crippen molar-refractivity contribution in [3.63, 3.8) is 0 Å². The molecule has 6 heteroatoms. The van der Waals surface area contributed by atoms with Crippen molar-refractivity contribution in [3.05, 3.63) is 0 Å². The number of rotatable bonds is 0. The van der Waals surface area contributed by atoms with Gasteiger partial charge in [-0.25, -0.2) is 0 Å². The fourth-order valence-corrected chi connectivity index (χ4v) is 0. The topological polar surface area (TPSA) is 35.0 Å². The fourth-order valence-electron chi connectivity index (χ4n) is 0. The zero-order chi connectivity index (χ0) is 4.50. The SMILES string of the molecule is N.[Cl][Zr]([Cl])([Cl])[Cl]. The Morgan fingerprint density at radius 1 is 0.833 bits per heavy atom. The van der Waals surface area contributed by atoms with Crippen molar-refractivity contribution < 1.29 is 15.5 Å². The zero-order valence-corrected chi connectivity index (χ0v) is 8.20. The summed E-state index contributed by atoms with van der Waals surface area (Å²) in [6.07, 6.45) is 0. The van der Waals surface area contributed by atoms with Crippen LogP contribution in [-0.2, 0) is 15.5 Å². The van der Waals surface area contributed by atoms with Crippen LogP contribution >= 0.6 is 34.1 Å². The van der Waals surface area contributed by atoms with Gasteiger partial charge >= 0.3 is 49.5 Å². The molecule has 1 nitrogen and oxygen atoms in total. The first-order chi connectivity index (χ1) is 2.00. The molecule has 6 heavy (non-hydrogen) atoms. The van der Waals surface area contributed by atoms with E-state index in [-0.39, 0.29) is 6.15 Å². The molecule has 40 valence electrons. The number of hydrogen-bond acceptors (Lipinski definition) is 1. The Morgan fingerprint density at radius 3 is 0.833 bits per heavy atom. The molecular formula is H3Cl4NZr. The van der Waals surface area contributed by atoms with E-state index in [1.54, 1.807) is 0 Å². The quantitative estimate of drug-likeness (QED) is 0.704. The Hall–Kier alpha value is 2.00. The maximum absolute atomic E-state index is 5.04. The number of hydrogen-bond donors (Lipinski definition) is 1. The van der Waals surface area contributed by atoms with Crippen molar-refractivity contribution in [1.29, 1.82) is 0 Å². The van der Waals surface area contributed by atoms with E-state index in [0.717, 1.165) is 0 Å². The van der Waals surface area contributed by atoms with Crippen molar-refractivity contribution in [2.24, 2.45) is 0 Å². The summed E-state index contributed by atoms with van der Waals surface area (Å²) in [5.41, 5.74) is 0. The monoisotopic (exact) mass is 247 g/mol. The summed E-state index contributed by atoms with van der Waals surface area (Å²) in [7, 11) is 20.1. The van der Waals surface area contributed by atoms with Crippen LogP contribution in [-0.4, -0.2) is 0 Å². The van der Waals surface area contributed by atoms with Gasteiger partial charge in [0.2, 0.25) is 0 Å². The molecular weight excluding hydrogens is 247 g/mol. The third-order valence-corrected chi connectivity index (χ3v) is 0. The van der Waals surface area contributed by atoms with Crippen LogP contribution in [0.3, 0.4) is 0 Å². The Balaban J connectivity index is 0. The second kappa shape index (κ2) is 3.94. The van der Waals surface area contributed by atoms with Crippen LogP contribution in [0.4, 0.5) is 0 Å². The average molecular weight is 250 g/mol. The first-order valence-electron chi connectivity index (χ1n) is 0.756. The Labute approximate surface area is 55.1 Å². The van der Waals surface area contributed by atoms with Crippen LogP contribution in [0, 0.1) is 0 Å². The molecule has 0 aliphatic carbocycles. The molecule has 0 saturated carbocycles. The van der Waals surface area contributed by atoms with Gasteiger partial charge < -0.3 is 6.15 Å². The molecule has 0 radical (unpaired) electrons. The molecule has 0 saturated heterocycles. The molecule has 0 unspecified atom stereocenters. The van der Waals surface area contributed by atoms with Crippen molar-refractivity contribution >= 4 is 34.1 Å². The molecule has 0 spiro atoms. The first kappa shape index (κ1) is 10.9. The number of halogens is 4. The molecule has 0 bridgehead atoms. The molecule has 0 aromatic carbocycles. The molecule has 0 atom stereocenters. The van der Waals surface area contributed by atoms with Gasteiger partial charge in [-0.1, -0.05) is 0 Å². The van der Waals surface area contributed by atoms with Crippen LogP contribution in [0.25, 0.3) is 0 Å². The fraction of sp³-hybridized carbons (Fsp3) is 0. The van der Waals surface area contributed by atoms with Crippen LogP contribution in [0.2, 0.25) is 0 Å². The standard InChI is InChI=1S/4ClH.H3N.Zr/h4*1H;1H3;/q;;;;;+4/p-4. The van der Waals surface area contributed by atoms with E-state index in [0.29, 0.717) is 0 Å². The van der Waals surface area contributed by atoms with Crippen molar-refractivity contribution in [2.75, 3.05) is 0 Å². The van der Waals surface area contributed by atoms with Gasteiger partial charge in [0, 0.05) is 0 Å². The normalized spacial score (nSPS) is 10.0. The summed E-state index contributed by atoms with van der Waals surface area (Å²) < 4.78 is 0. The van der Waals surface area contributed by atoms with Gasteiger partial charge in [-0.15, -0.1) is 0 Å². The minimum atomic E-state index is -3.29. The molecule has 0 rings (SSSR count). The summed E-state index contributed by atoms with van der Waals surface area (Å²) in [4.78, 5) is 0. The van der Waals surface area contributed by atoms with Crippen LogP contribution in [0.5, 0.6) is 0 Å². The third-order valence-electron chi connectivity index (χ3n) is 0. The molecule has 0 aliphatic heterocycles. The summed E-state index contributed by atoms with van der Waals surface area (Å²) >= 11 is -3.29. The van der Waals surface area contributed by atoms with Gasteiger partial charge in [0.25, 0.3) is 0 Å². The van der Waals surface area contributed by atoms with Gasteiger partial charge in [0.15, 0.2) is 0 Å². The van der Waals surface area contributed by atoms with E-state index < -0.39 is 15.5 Å². The van der Waals surface area contributed by atoms with E-state index >= 15 is 0 Å². The second-order valence-corrected chi connectivity index (χ2v) is 22.8. The minimum absolute atomic E-state index is 0. The van der Waals surface area contributed by atoms with E-state index in [2.05, 4.69) is 0 Å². The van der Waals surface area contributed by atoms with Crippen LogP contribution < -0.4 is 6.15 Å².